The fourth-order valence-corrected chi connectivity index (χ4v) is 3.89. The third kappa shape index (κ3) is 6.04. The molecule has 0 amide bonds. The average Bonchev–Trinajstić information content (AvgIpc) is 2.45. The standard InChI is InChI=1S/C16H17Cl2N3O2S2/c1-10(2)19-16(24)20-13-3-5-15(6-4-13)25(22,23)21-14-8-11(17)7-12(18)9-14/h3-10,21H,1-2H3,(H2,19,20,24). The molecule has 0 heterocycles. The molecule has 2 rings (SSSR count). The number of hydrogen-bond acceptors (Lipinski definition) is 3. The van der Waals surface area contributed by atoms with Crippen LogP contribution in [0.5, 0.6) is 0 Å². The fourth-order valence-electron chi connectivity index (χ4n) is 1.97. The molecular formula is C16H17Cl2N3O2S2. The number of halogens is 2. The van der Waals surface area contributed by atoms with E-state index in [-0.39, 0.29) is 10.9 Å². The molecule has 25 heavy (non-hydrogen) atoms. The maximum absolute atomic E-state index is 12.4. The summed E-state index contributed by atoms with van der Waals surface area (Å²) in [6, 6.07) is 10.9. The van der Waals surface area contributed by atoms with Crippen LogP contribution in [0.25, 0.3) is 0 Å². The van der Waals surface area contributed by atoms with Gasteiger partial charge in [0.15, 0.2) is 5.11 Å². The summed E-state index contributed by atoms with van der Waals surface area (Å²) in [7, 11) is -3.75. The Morgan fingerprint density at radius 3 is 2.08 bits per heavy atom. The molecule has 2 aromatic rings. The number of sulfonamides is 1. The van der Waals surface area contributed by atoms with Crippen molar-refractivity contribution in [3.63, 3.8) is 0 Å². The second-order valence-electron chi connectivity index (χ2n) is 5.54. The van der Waals surface area contributed by atoms with E-state index in [1.165, 1.54) is 30.3 Å². The summed E-state index contributed by atoms with van der Waals surface area (Å²) in [5, 5.41) is 7.19. The summed E-state index contributed by atoms with van der Waals surface area (Å²) in [4.78, 5) is 0.108. The van der Waals surface area contributed by atoms with Crippen LogP contribution < -0.4 is 15.4 Å². The molecule has 0 aliphatic heterocycles. The summed E-state index contributed by atoms with van der Waals surface area (Å²) >= 11 is 16.9. The molecule has 0 bridgehead atoms. The Balaban J connectivity index is 2.13. The number of hydrogen-bond donors (Lipinski definition) is 3. The van der Waals surface area contributed by atoms with Gasteiger partial charge in [-0.05, 0) is 68.5 Å². The van der Waals surface area contributed by atoms with Crippen LogP contribution in [0.2, 0.25) is 10.0 Å². The molecule has 0 fully saturated rings. The van der Waals surface area contributed by atoms with Crippen molar-refractivity contribution >= 4 is 61.9 Å². The summed E-state index contributed by atoms with van der Waals surface area (Å²) < 4.78 is 27.3. The highest BCUT2D eigenvalue weighted by molar-refractivity contribution is 7.92. The SMILES string of the molecule is CC(C)NC(=S)Nc1ccc(S(=O)(=O)Nc2cc(Cl)cc(Cl)c2)cc1. The predicted octanol–water partition coefficient (Wildman–Crippen LogP) is 4.49. The maximum Gasteiger partial charge on any atom is 0.261 e. The zero-order valence-electron chi connectivity index (χ0n) is 13.5. The van der Waals surface area contributed by atoms with Crippen LogP contribution in [0.4, 0.5) is 11.4 Å². The molecule has 0 unspecified atom stereocenters. The van der Waals surface area contributed by atoms with Crippen LogP contribution in [0, 0.1) is 0 Å². The van der Waals surface area contributed by atoms with Gasteiger partial charge in [-0.2, -0.15) is 0 Å². The molecule has 0 atom stereocenters. The van der Waals surface area contributed by atoms with Gasteiger partial charge in [0.05, 0.1) is 10.6 Å². The van der Waals surface area contributed by atoms with Gasteiger partial charge in [-0.25, -0.2) is 8.42 Å². The van der Waals surface area contributed by atoms with E-state index in [9.17, 15) is 8.42 Å². The Morgan fingerprint density at radius 1 is 1.00 bits per heavy atom. The van der Waals surface area contributed by atoms with Crippen LogP contribution in [0.1, 0.15) is 13.8 Å². The van der Waals surface area contributed by atoms with E-state index in [0.717, 1.165) is 0 Å². The number of thiocarbonyl (C=S) groups is 1. The van der Waals surface area contributed by atoms with Gasteiger partial charge in [-0.3, -0.25) is 4.72 Å². The molecule has 9 heteroatoms. The first kappa shape index (κ1) is 19.8. The quantitative estimate of drug-likeness (QED) is 0.625. The highest BCUT2D eigenvalue weighted by atomic mass is 35.5. The summed E-state index contributed by atoms with van der Waals surface area (Å²) in [5.74, 6) is 0. The van der Waals surface area contributed by atoms with Gasteiger partial charge in [0.2, 0.25) is 0 Å². The van der Waals surface area contributed by atoms with Crippen molar-refractivity contribution in [3.8, 4) is 0 Å². The lowest BCUT2D eigenvalue weighted by atomic mass is 10.3. The molecule has 0 saturated heterocycles. The van der Waals surface area contributed by atoms with Crippen molar-refractivity contribution in [1.29, 1.82) is 0 Å². The van der Waals surface area contributed by atoms with E-state index >= 15 is 0 Å². The molecule has 5 nitrogen and oxygen atoms in total. The molecule has 134 valence electrons. The molecule has 0 aliphatic rings. The van der Waals surface area contributed by atoms with Gasteiger partial charge >= 0.3 is 0 Å². The van der Waals surface area contributed by atoms with E-state index in [0.29, 0.717) is 26.5 Å². The van der Waals surface area contributed by atoms with E-state index < -0.39 is 10.0 Å². The lowest BCUT2D eigenvalue weighted by molar-refractivity contribution is 0.601. The van der Waals surface area contributed by atoms with E-state index in [4.69, 9.17) is 35.4 Å². The van der Waals surface area contributed by atoms with Crippen molar-refractivity contribution < 1.29 is 8.42 Å². The summed E-state index contributed by atoms with van der Waals surface area (Å²) in [6.07, 6.45) is 0. The monoisotopic (exact) mass is 417 g/mol. The molecule has 0 aliphatic carbocycles. The third-order valence-electron chi connectivity index (χ3n) is 2.96. The predicted molar refractivity (Wildman–Crippen MR) is 108 cm³/mol. The summed E-state index contributed by atoms with van der Waals surface area (Å²) in [6.45, 7) is 3.94. The molecule has 0 aromatic heterocycles. The number of anilines is 2. The Labute approximate surface area is 162 Å². The number of rotatable bonds is 5. The molecule has 2 aromatic carbocycles. The van der Waals surface area contributed by atoms with Gasteiger partial charge in [0.1, 0.15) is 0 Å². The first-order chi connectivity index (χ1) is 11.7. The Kier molecular flexibility index (Phi) is 6.51. The minimum atomic E-state index is -3.75. The van der Waals surface area contributed by atoms with Crippen molar-refractivity contribution in [2.24, 2.45) is 0 Å². The molecule has 3 N–H and O–H groups in total. The number of nitrogens with one attached hydrogen (secondary N) is 3. The van der Waals surface area contributed by atoms with Gasteiger partial charge in [-0.1, -0.05) is 23.2 Å². The molecule has 0 saturated carbocycles. The Hall–Kier alpha value is -1.54. The Bertz CT molecular complexity index is 849. The highest BCUT2D eigenvalue weighted by Crippen LogP contribution is 2.25. The Morgan fingerprint density at radius 2 is 1.56 bits per heavy atom. The smallest absolute Gasteiger partial charge is 0.261 e. The third-order valence-corrected chi connectivity index (χ3v) is 5.01. The van der Waals surface area contributed by atoms with Gasteiger partial charge in [0, 0.05) is 21.8 Å². The van der Waals surface area contributed by atoms with E-state index in [1.807, 2.05) is 13.8 Å². The normalized spacial score (nSPS) is 11.2. The fraction of sp³-hybridized carbons (Fsp3) is 0.188. The van der Waals surface area contributed by atoms with E-state index in [2.05, 4.69) is 15.4 Å². The first-order valence-electron chi connectivity index (χ1n) is 7.32. The second kappa shape index (κ2) is 8.23. The first-order valence-corrected chi connectivity index (χ1v) is 9.97. The summed E-state index contributed by atoms with van der Waals surface area (Å²) in [5.41, 5.74) is 0.977. The molecular weight excluding hydrogens is 401 g/mol. The van der Waals surface area contributed by atoms with Crippen molar-refractivity contribution in [2.75, 3.05) is 10.0 Å². The lowest BCUT2D eigenvalue weighted by Crippen LogP contribution is -2.33. The average molecular weight is 418 g/mol. The van der Waals surface area contributed by atoms with E-state index in [1.54, 1.807) is 12.1 Å². The molecule has 0 spiro atoms. The second-order valence-corrected chi connectivity index (χ2v) is 8.50. The number of benzene rings is 2. The topological polar surface area (TPSA) is 70.2 Å². The van der Waals surface area contributed by atoms with Crippen LogP contribution >= 0.6 is 35.4 Å². The van der Waals surface area contributed by atoms with Crippen LogP contribution in [-0.4, -0.2) is 19.6 Å². The minimum absolute atomic E-state index is 0.108. The van der Waals surface area contributed by atoms with Crippen molar-refractivity contribution in [2.45, 2.75) is 24.8 Å². The zero-order valence-corrected chi connectivity index (χ0v) is 16.7. The molecule has 0 radical (unpaired) electrons. The highest BCUT2D eigenvalue weighted by Gasteiger charge is 2.15. The maximum atomic E-state index is 12.4. The largest absolute Gasteiger partial charge is 0.360 e. The minimum Gasteiger partial charge on any atom is -0.360 e. The van der Waals surface area contributed by atoms with Crippen molar-refractivity contribution in [1.82, 2.24) is 5.32 Å². The van der Waals surface area contributed by atoms with Crippen LogP contribution in [0.15, 0.2) is 47.4 Å². The van der Waals surface area contributed by atoms with Crippen LogP contribution in [-0.2, 0) is 10.0 Å². The van der Waals surface area contributed by atoms with Gasteiger partial charge in [-0.15, -0.1) is 0 Å². The lowest BCUT2D eigenvalue weighted by Gasteiger charge is -2.13. The van der Waals surface area contributed by atoms with Gasteiger partial charge < -0.3 is 10.6 Å². The van der Waals surface area contributed by atoms with Gasteiger partial charge in [0.25, 0.3) is 10.0 Å². The van der Waals surface area contributed by atoms with Crippen LogP contribution in [0.3, 0.4) is 0 Å². The zero-order chi connectivity index (χ0) is 18.6. The van der Waals surface area contributed by atoms with Crippen molar-refractivity contribution in [3.05, 3.63) is 52.5 Å².